The van der Waals surface area contributed by atoms with Gasteiger partial charge < -0.3 is 15.5 Å². The van der Waals surface area contributed by atoms with Gasteiger partial charge in [0.2, 0.25) is 0 Å². The topological polar surface area (TPSA) is 42.9 Å². The Kier molecular flexibility index (Phi) is 11.8. The van der Waals surface area contributed by atoms with Crippen molar-refractivity contribution in [3.63, 3.8) is 0 Å². The van der Waals surface area contributed by atoms with Gasteiger partial charge in [-0.1, -0.05) is 13.8 Å². The minimum absolute atomic E-state index is 0. The molecule has 0 spiro atoms. The maximum Gasteiger partial charge on any atom is 0.191 e. The highest BCUT2D eigenvalue weighted by Gasteiger charge is 2.25. The Hall–Kier alpha value is 0.270. The Bertz CT molecular complexity index is 380. The van der Waals surface area contributed by atoms with Gasteiger partial charge in [-0.3, -0.25) is 9.89 Å². The van der Waals surface area contributed by atoms with Crippen LogP contribution in [0.15, 0.2) is 4.99 Å². The summed E-state index contributed by atoms with van der Waals surface area (Å²) in [4.78, 5) is 9.97. The summed E-state index contributed by atoms with van der Waals surface area (Å²) in [6.45, 7) is 14.3. The SMILES string of the molecule is CCNC(=NCC(C(C)C)N1CCN(C)CC1)NCC1CCCS1.I. The zero-order valence-corrected chi connectivity index (χ0v) is 19.6. The summed E-state index contributed by atoms with van der Waals surface area (Å²) in [7, 11) is 2.22. The van der Waals surface area contributed by atoms with E-state index in [-0.39, 0.29) is 24.0 Å². The number of nitrogens with zero attached hydrogens (tertiary/aromatic N) is 3. The number of hydrogen-bond acceptors (Lipinski definition) is 4. The number of rotatable bonds is 7. The molecule has 0 aromatic heterocycles. The molecule has 2 atom stereocenters. The van der Waals surface area contributed by atoms with Crippen LogP contribution in [0.4, 0.5) is 0 Å². The summed E-state index contributed by atoms with van der Waals surface area (Å²) in [6.07, 6.45) is 2.70. The van der Waals surface area contributed by atoms with Crippen molar-refractivity contribution in [1.29, 1.82) is 0 Å². The third-order valence-corrected chi connectivity index (χ3v) is 6.48. The zero-order valence-electron chi connectivity index (χ0n) is 16.5. The lowest BCUT2D eigenvalue weighted by Crippen LogP contribution is -2.52. The van der Waals surface area contributed by atoms with E-state index >= 15 is 0 Å². The smallest absolute Gasteiger partial charge is 0.191 e. The normalized spacial score (nSPS) is 24.2. The molecule has 2 aliphatic heterocycles. The first-order valence-electron chi connectivity index (χ1n) is 9.66. The molecule has 2 saturated heterocycles. The fraction of sp³-hybridized carbons (Fsp3) is 0.944. The number of hydrogen-bond donors (Lipinski definition) is 2. The van der Waals surface area contributed by atoms with Gasteiger partial charge in [-0.2, -0.15) is 11.8 Å². The minimum atomic E-state index is 0. The lowest BCUT2D eigenvalue weighted by molar-refractivity contribution is 0.0925. The summed E-state index contributed by atoms with van der Waals surface area (Å²) in [6, 6.07) is 0.537. The Morgan fingerprint density at radius 2 is 1.92 bits per heavy atom. The van der Waals surface area contributed by atoms with E-state index in [0.29, 0.717) is 12.0 Å². The maximum atomic E-state index is 4.92. The molecular weight excluding hydrogens is 445 g/mol. The highest BCUT2D eigenvalue weighted by atomic mass is 127. The maximum absolute atomic E-state index is 4.92. The minimum Gasteiger partial charge on any atom is -0.357 e. The Morgan fingerprint density at radius 1 is 1.20 bits per heavy atom. The molecule has 2 N–H and O–H groups in total. The van der Waals surface area contributed by atoms with Gasteiger partial charge in [0.05, 0.1) is 6.54 Å². The highest BCUT2D eigenvalue weighted by Crippen LogP contribution is 2.25. The van der Waals surface area contributed by atoms with Gasteiger partial charge in [-0.15, -0.1) is 24.0 Å². The van der Waals surface area contributed by atoms with Crippen LogP contribution in [0.3, 0.4) is 0 Å². The number of nitrogens with one attached hydrogen (secondary N) is 2. The van der Waals surface area contributed by atoms with Crippen LogP contribution in [0.2, 0.25) is 0 Å². The van der Waals surface area contributed by atoms with Crippen LogP contribution >= 0.6 is 35.7 Å². The van der Waals surface area contributed by atoms with Crippen LogP contribution in [-0.2, 0) is 0 Å². The van der Waals surface area contributed by atoms with Gasteiger partial charge in [0.15, 0.2) is 5.96 Å². The lowest BCUT2D eigenvalue weighted by Gasteiger charge is -2.39. The van der Waals surface area contributed by atoms with Gasteiger partial charge in [0, 0.05) is 50.6 Å². The molecule has 0 aromatic carbocycles. The van der Waals surface area contributed by atoms with E-state index in [2.05, 4.69) is 60.0 Å². The molecule has 2 aliphatic rings. The van der Waals surface area contributed by atoms with E-state index in [1.807, 2.05) is 0 Å². The molecule has 0 bridgehead atoms. The van der Waals surface area contributed by atoms with E-state index in [4.69, 9.17) is 4.99 Å². The number of halogens is 1. The van der Waals surface area contributed by atoms with Crippen LogP contribution in [0.5, 0.6) is 0 Å². The molecule has 0 aliphatic carbocycles. The van der Waals surface area contributed by atoms with Crippen molar-refractivity contribution in [3.05, 3.63) is 0 Å². The first-order chi connectivity index (χ1) is 11.6. The number of likely N-dealkylation sites (N-methyl/N-ethyl adjacent to an activating group) is 1. The quantitative estimate of drug-likeness (QED) is 0.331. The van der Waals surface area contributed by atoms with Crippen molar-refractivity contribution < 1.29 is 0 Å². The van der Waals surface area contributed by atoms with E-state index in [1.165, 1.54) is 31.7 Å². The Labute approximate surface area is 176 Å². The molecule has 0 aromatic rings. The highest BCUT2D eigenvalue weighted by molar-refractivity contribution is 14.0. The molecule has 0 radical (unpaired) electrons. The van der Waals surface area contributed by atoms with Crippen molar-refractivity contribution in [3.8, 4) is 0 Å². The average Bonchev–Trinajstić information content (AvgIpc) is 3.07. The van der Waals surface area contributed by atoms with Crippen LogP contribution in [0.1, 0.15) is 33.6 Å². The van der Waals surface area contributed by atoms with Gasteiger partial charge >= 0.3 is 0 Å². The zero-order chi connectivity index (χ0) is 17.4. The lowest BCUT2D eigenvalue weighted by atomic mass is 10.0. The number of piperazine rings is 1. The monoisotopic (exact) mass is 483 g/mol. The van der Waals surface area contributed by atoms with Crippen LogP contribution in [-0.4, -0.2) is 85.7 Å². The molecule has 0 amide bonds. The van der Waals surface area contributed by atoms with Gasteiger partial charge in [0.1, 0.15) is 0 Å². The largest absolute Gasteiger partial charge is 0.357 e. The average molecular weight is 484 g/mol. The first-order valence-corrected chi connectivity index (χ1v) is 10.7. The molecule has 2 rings (SSSR count). The second kappa shape index (κ2) is 12.6. The fourth-order valence-electron chi connectivity index (χ4n) is 3.44. The summed E-state index contributed by atoms with van der Waals surface area (Å²) in [5.74, 6) is 2.94. The molecule has 2 unspecified atom stereocenters. The van der Waals surface area contributed by atoms with Crippen molar-refractivity contribution in [2.75, 3.05) is 58.6 Å². The van der Waals surface area contributed by atoms with Gasteiger partial charge in [-0.05, 0) is 38.5 Å². The van der Waals surface area contributed by atoms with Gasteiger partial charge in [-0.25, -0.2) is 0 Å². The van der Waals surface area contributed by atoms with Crippen LogP contribution in [0.25, 0.3) is 0 Å². The molecular formula is C18H38IN5S. The van der Waals surface area contributed by atoms with Crippen LogP contribution in [0, 0.1) is 5.92 Å². The van der Waals surface area contributed by atoms with E-state index in [1.54, 1.807) is 0 Å². The van der Waals surface area contributed by atoms with Crippen molar-refractivity contribution in [2.45, 2.75) is 44.9 Å². The molecule has 148 valence electrons. The first kappa shape index (κ1) is 23.3. The molecule has 2 heterocycles. The van der Waals surface area contributed by atoms with Crippen molar-refractivity contribution >= 4 is 41.7 Å². The third kappa shape index (κ3) is 8.22. The Morgan fingerprint density at radius 3 is 2.48 bits per heavy atom. The van der Waals surface area contributed by atoms with Crippen molar-refractivity contribution in [2.24, 2.45) is 10.9 Å². The number of thioether (sulfide) groups is 1. The number of guanidine groups is 1. The predicted octanol–water partition coefficient (Wildman–Crippen LogP) is 2.33. The van der Waals surface area contributed by atoms with Crippen molar-refractivity contribution in [1.82, 2.24) is 20.4 Å². The molecule has 0 saturated carbocycles. The summed E-state index contributed by atoms with van der Waals surface area (Å²) >= 11 is 2.10. The third-order valence-electron chi connectivity index (χ3n) is 5.08. The summed E-state index contributed by atoms with van der Waals surface area (Å²) in [5.41, 5.74) is 0. The molecule has 5 nitrogen and oxygen atoms in total. The molecule has 7 heteroatoms. The fourth-order valence-corrected chi connectivity index (χ4v) is 4.65. The number of aliphatic imine (C=N–C) groups is 1. The molecule has 2 fully saturated rings. The second-order valence-corrected chi connectivity index (χ2v) is 8.79. The standard InChI is InChI=1S/C18H37N5S.HI/c1-5-19-18(20-13-16-7-6-12-24-16)21-14-17(15(2)3)23-10-8-22(4)9-11-23;/h15-17H,5-14H2,1-4H3,(H2,19,20,21);1H. The summed E-state index contributed by atoms with van der Waals surface area (Å²) in [5, 5.41) is 7.73. The van der Waals surface area contributed by atoms with E-state index in [0.717, 1.165) is 43.9 Å². The van der Waals surface area contributed by atoms with Crippen LogP contribution < -0.4 is 10.6 Å². The summed E-state index contributed by atoms with van der Waals surface area (Å²) < 4.78 is 0. The Balaban J connectivity index is 0.00000312. The van der Waals surface area contributed by atoms with Gasteiger partial charge in [0.25, 0.3) is 0 Å². The second-order valence-electron chi connectivity index (χ2n) is 7.39. The predicted molar refractivity (Wildman–Crippen MR) is 123 cm³/mol. The molecule has 25 heavy (non-hydrogen) atoms. The van der Waals surface area contributed by atoms with E-state index in [9.17, 15) is 0 Å². The van der Waals surface area contributed by atoms with E-state index < -0.39 is 0 Å².